The van der Waals surface area contributed by atoms with Crippen LogP contribution in [0.5, 0.6) is 5.75 Å². The van der Waals surface area contributed by atoms with E-state index in [1.807, 2.05) is 13.0 Å². The second-order valence-corrected chi connectivity index (χ2v) is 6.58. The van der Waals surface area contributed by atoms with Crippen LogP contribution in [-0.4, -0.2) is 5.11 Å². The standard InChI is InChI=1S/C20H26O/c1-12(2)16-9-7-14(5)18(11-16)19-17(13(3)4)10-8-15(6)20(19)21/h7-13,21H,1-6H3. The first-order valence-electron chi connectivity index (χ1n) is 7.76. The highest BCUT2D eigenvalue weighted by molar-refractivity contribution is 5.78. The molecule has 0 saturated carbocycles. The normalized spacial score (nSPS) is 11.4. The van der Waals surface area contributed by atoms with Crippen molar-refractivity contribution >= 4 is 0 Å². The number of phenols is 1. The summed E-state index contributed by atoms with van der Waals surface area (Å²) in [5.74, 6) is 1.29. The molecule has 0 fully saturated rings. The minimum atomic E-state index is 0.383. The second kappa shape index (κ2) is 5.93. The first kappa shape index (κ1) is 15.6. The van der Waals surface area contributed by atoms with E-state index >= 15 is 0 Å². The molecule has 0 aromatic heterocycles. The van der Waals surface area contributed by atoms with E-state index in [9.17, 15) is 5.11 Å². The van der Waals surface area contributed by atoms with E-state index < -0.39 is 0 Å². The van der Waals surface area contributed by atoms with Gasteiger partial charge in [0, 0.05) is 5.56 Å². The van der Waals surface area contributed by atoms with Crippen molar-refractivity contribution in [1.82, 2.24) is 0 Å². The number of rotatable bonds is 3. The maximum Gasteiger partial charge on any atom is 0.126 e. The molecule has 1 nitrogen and oxygen atoms in total. The molecule has 0 spiro atoms. The molecule has 2 aromatic carbocycles. The third-order valence-electron chi connectivity index (χ3n) is 4.23. The van der Waals surface area contributed by atoms with Gasteiger partial charge in [0.25, 0.3) is 0 Å². The molecule has 0 bridgehead atoms. The van der Waals surface area contributed by atoms with E-state index in [0.717, 1.165) is 16.7 Å². The molecule has 21 heavy (non-hydrogen) atoms. The molecule has 2 rings (SSSR count). The van der Waals surface area contributed by atoms with E-state index in [-0.39, 0.29) is 0 Å². The van der Waals surface area contributed by atoms with Crippen molar-refractivity contribution in [1.29, 1.82) is 0 Å². The largest absolute Gasteiger partial charge is 0.507 e. The Morgan fingerprint density at radius 3 is 2.00 bits per heavy atom. The van der Waals surface area contributed by atoms with Crippen molar-refractivity contribution in [2.75, 3.05) is 0 Å². The predicted octanol–water partition coefficient (Wildman–Crippen LogP) is 5.92. The average Bonchev–Trinajstić information content (AvgIpc) is 2.42. The summed E-state index contributed by atoms with van der Waals surface area (Å²) in [7, 11) is 0. The molecule has 0 aliphatic carbocycles. The van der Waals surface area contributed by atoms with E-state index in [4.69, 9.17) is 0 Å². The molecule has 0 atom stereocenters. The molecule has 0 heterocycles. The lowest BCUT2D eigenvalue weighted by atomic mass is 9.86. The van der Waals surface area contributed by atoms with Gasteiger partial charge in [0.1, 0.15) is 5.75 Å². The van der Waals surface area contributed by atoms with Crippen molar-refractivity contribution in [2.45, 2.75) is 53.4 Å². The zero-order chi connectivity index (χ0) is 15.7. The van der Waals surface area contributed by atoms with Gasteiger partial charge in [0.2, 0.25) is 0 Å². The maximum absolute atomic E-state index is 10.6. The number of hydrogen-bond acceptors (Lipinski definition) is 1. The molecule has 0 aliphatic heterocycles. The van der Waals surface area contributed by atoms with Crippen LogP contribution in [0, 0.1) is 13.8 Å². The molecule has 2 aromatic rings. The molecule has 0 radical (unpaired) electrons. The highest BCUT2D eigenvalue weighted by atomic mass is 16.3. The number of aryl methyl sites for hydroxylation is 2. The Morgan fingerprint density at radius 2 is 1.43 bits per heavy atom. The Morgan fingerprint density at radius 1 is 0.810 bits per heavy atom. The van der Waals surface area contributed by atoms with Crippen molar-refractivity contribution in [3.05, 3.63) is 52.6 Å². The van der Waals surface area contributed by atoms with E-state index in [0.29, 0.717) is 17.6 Å². The molecule has 1 heteroatoms. The first-order chi connectivity index (χ1) is 9.82. The first-order valence-corrected chi connectivity index (χ1v) is 7.76. The molecule has 0 amide bonds. The molecule has 0 saturated heterocycles. The smallest absolute Gasteiger partial charge is 0.126 e. The van der Waals surface area contributed by atoms with E-state index in [1.165, 1.54) is 16.7 Å². The lowest BCUT2D eigenvalue weighted by molar-refractivity contribution is 0.472. The summed E-state index contributed by atoms with van der Waals surface area (Å²) >= 11 is 0. The summed E-state index contributed by atoms with van der Waals surface area (Å²) in [6.45, 7) is 12.8. The lowest BCUT2D eigenvalue weighted by Crippen LogP contribution is -1.98. The fourth-order valence-corrected chi connectivity index (χ4v) is 2.74. The van der Waals surface area contributed by atoms with E-state index in [1.54, 1.807) is 0 Å². The monoisotopic (exact) mass is 282 g/mol. The summed E-state index contributed by atoms with van der Waals surface area (Å²) in [5, 5.41) is 10.6. The van der Waals surface area contributed by atoms with Crippen LogP contribution >= 0.6 is 0 Å². The molecule has 0 aliphatic rings. The maximum atomic E-state index is 10.6. The Bertz CT molecular complexity index is 651. The van der Waals surface area contributed by atoms with Gasteiger partial charge in [-0.2, -0.15) is 0 Å². The number of benzene rings is 2. The summed E-state index contributed by atoms with van der Waals surface area (Å²) in [6.07, 6.45) is 0. The number of hydrogen-bond donors (Lipinski definition) is 1. The van der Waals surface area contributed by atoms with Gasteiger partial charge in [0.05, 0.1) is 0 Å². The fourth-order valence-electron chi connectivity index (χ4n) is 2.74. The topological polar surface area (TPSA) is 20.2 Å². The van der Waals surface area contributed by atoms with Gasteiger partial charge in [-0.3, -0.25) is 0 Å². The quantitative estimate of drug-likeness (QED) is 0.740. The van der Waals surface area contributed by atoms with Gasteiger partial charge in [-0.15, -0.1) is 0 Å². The van der Waals surface area contributed by atoms with Crippen molar-refractivity contribution in [2.24, 2.45) is 0 Å². The third kappa shape index (κ3) is 2.97. The summed E-state index contributed by atoms with van der Waals surface area (Å²) in [5.41, 5.74) is 6.83. The van der Waals surface area contributed by atoms with Gasteiger partial charge in [-0.05, 0) is 53.5 Å². The van der Waals surface area contributed by atoms with Gasteiger partial charge in [0.15, 0.2) is 0 Å². The Balaban J connectivity index is 2.77. The van der Waals surface area contributed by atoms with Crippen LogP contribution in [-0.2, 0) is 0 Å². The summed E-state index contributed by atoms with van der Waals surface area (Å²) < 4.78 is 0. The zero-order valence-corrected chi connectivity index (χ0v) is 14.0. The highest BCUT2D eigenvalue weighted by Crippen LogP contribution is 2.40. The predicted molar refractivity (Wildman–Crippen MR) is 91.2 cm³/mol. The molecule has 112 valence electrons. The average molecular weight is 282 g/mol. The van der Waals surface area contributed by atoms with Crippen LogP contribution < -0.4 is 0 Å². The van der Waals surface area contributed by atoms with Crippen molar-refractivity contribution in [3.8, 4) is 16.9 Å². The van der Waals surface area contributed by atoms with Crippen LogP contribution in [0.3, 0.4) is 0 Å². The number of phenolic OH excluding ortho intramolecular Hbond substituents is 1. The van der Waals surface area contributed by atoms with Crippen molar-refractivity contribution < 1.29 is 5.11 Å². The SMILES string of the molecule is Cc1ccc(C(C)C)cc1-c1c(C(C)C)ccc(C)c1O. The number of aromatic hydroxyl groups is 1. The van der Waals surface area contributed by atoms with Crippen LogP contribution in [0.1, 0.15) is 61.8 Å². The van der Waals surface area contributed by atoms with Crippen LogP contribution in [0.15, 0.2) is 30.3 Å². The van der Waals surface area contributed by atoms with E-state index in [2.05, 4.69) is 58.9 Å². The van der Waals surface area contributed by atoms with Crippen LogP contribution in [0.4, 0.5) is 0 Å². The van der Waals surface area contributed by atoms with Gasteiger partial charge in [-0.1, -0.05) is 58.0 Å². The summed E-state index contributed by atoms with van der Waals surface area (Å²) in [6, 6.07) is 10.7. The Labute approximate surface area is 128 Å². The molecular weight excluding hydrogens is 256 g/mol. The van der Waals surface area contributed by atoms with Crippen LogP contribution in [0.2, 0.25) is 0 Å². The minimum Gasteiger partial charge on any atom is -0.507 e. The Hall–Kier alpha value is -1.76. The van der Waals surface area contributed by atoms with Crippen molar-refractivity contribution in [3.63, 3.8) is 0 Å². The molecule has 1 N–H and O–H groups in total. The fraction of sp³-hybridized carbons (Fsp3) is 0.400. The van der Waals surface area contributed by atoms with Crippen LogP contribution in [0.25, 0.3) is 11.1 Å². The summed E-state index contributed by atoms with van der Waals surface area (Å²) in [4.78, 5) is 0. The molecular formula is C20H26O. The van der Waals surface area contributed by atoms with Gasteiger partial charge >= 0.3 is 0 Å². The zero-order valence-electron chi connectivity index (χ0n) is 14.0. The lowest BCUT2D eigenvalue weighted by Gasteiger charge is -2.19. The Kier molecular flexibility index (Phi) is 4.41. The highest BCUT2D eigenvalue weighted by Gasteiger charge is 2.17. The van der Waals surface area contributed by atoms with Gasteiger partial charge < -0.3 is 5.11 Å². The second-order valence-electron chi connectivity index (χ2n) is 6.58. The van der Waals surface area contributed by atoms with Gasteiger partial charge in [-0.25, -0.2) is 0 Å². The molecule has 0 unspecified atom stereocenters. The minimum absolute atomic E-state index is 0.383. The third-order valence-corrected chi connectivity index (χ3v) is 4.23.